The molecule has 13 heteroatoms. The van der Waals surface area contributed by atoms with Crippen LogP contribution in [0.15, 0.2) is 62.2 Å². The van der Waals surface area contributed by atoms with Crippen LogP contribution in [-0.2, 0) is 13.1 Å². The van der Waals surface area contributed by atoms with E-state index in [0.29, 0.717) is 16.6 Å². The summed E-state index contributed by atoms with van der Waals surface area (Å²) in [6.45, 7) is -0.859. The second kappa shape index (κ2) is 10.4. The highest BCUT2D eigenvalue weighted by Gasteiger charge is 2.27. The van der Waals surface area contributed by atoms with E-state index >= 15 is 0 Å². The van der Waals surface area contributed by atoms with E-state index in [9.17, 15) is 19.6 Å². The fourth-order valence-electron chi connectivity index (χ4n) is 4.00. The lowest BCUT2D eigenvalue weighted by atomic mass is 10.1. The molecule has 192 valence electrons. The molecular formula is C24H24ClN7O4S. The van der Waals surface area contributed by atoms with Crippen molar-refractivity contribution in [2.75, 3.05) is 19.0 Å². The summed E-state index contributed by atoms with van der Waals surface area (Å²) in [5.41, 5.74) is 0.557. The number of nitroso groups, excluding NO2 is 1. The maximum Gasteiger partial charge on any atom is 0.353 e. The lowest BCUT2D eigenvalue weighted by Gasteiger charge is -2.16. The van der Waals surface area contributed by atoms with Crippen LogP contribution < -0.4 is 22.8 Å². The number of fused-ring (bicyclic) bond motifs is 1. The minimum absolute atomic E-state index is 0.0522. The maximum absolute atomic E-state index is 13.6. The molecule has 1 aliphatic carbocycles. The van der Waals surface area contributed by atoms with Gasteiger partial charge in [-0.1, -0.05) is 28.9 Å². The molecule has 1 unspecified atom stereocenters. The summed E-state index contributed by atoms with van der Waals surface area (Å²) in [6, 6.07) is 12.4. The normalized spacial score (nSPS) is 14.8. The molecule has 37 heavy (non-hydrogen) atoms. The fourth-order valence-corrected chi connectivity index (χ4v) is 5.29. The van der Waals surface area contributed by atoms with Gasteiger partial charge in [-0.05, 0) is 48.7 Å². The predicted molar refractivity (Wildman–Crippen MR) is 142 cm³/mol. The number of nitrogens with two attached hydrogens (primary N) is 1. The third-order valence-corrected chi connectivity index (χ3v) is 7.62. The number of aliphatic hydroxyl groups is 1. The molecule has 4 aromatic rings. The number of hydrogen-bond acceptors (Lipinski definition) is 9. The average Bonchev–Trinajstić information content (AvgIpc) is 3.66. The number of thiazole rings is 1. The highest BCUT2D eigenvalue weighted by molar-refractivity contribution is 7.18. The highest BCUT2D eigenvalue weighted by atomic mass is 35.5. The summed E-state index contributed by atoms with van der Waals surface area (Å²) in [4.78, 5) is 46.7. The molecule has 1 aliphatic rings. The Morgan fingerprint density at radius 3 is 2.57 bits per heavy atom. The number of nitrogens with zero attached hydrogens (tertiary/aromatic N) is 6. The molecule has 5 rings (SSSR count). The van der Waals surface area contributed by atoms with Gasteiger partial charge in [-0.15, -0.1) is 11.3 Å². The van der Waals surface area contributed by atoms with Gasteiger partial charge >= 0.3 is 11.4 Å². The summed E-state index contributed by atoms with van der Waals surface area (Å²) in [7, 11) is 0. The van der Waals surface area contributed by atoms with Crippen molar-refractivity contribution in [2.24, 2.45) is 16.1 Å². The maximum atomic E-state index is 13.6. The van der Waals surface area contributed by atoms with Gasteiger partial charge in [0.2, 0.25) is 5.62 Å². The number of rotatable bonds is 9. The Bertz CT molecular complexity index is 1650. The van der Waals surface area contributed by atoms with E-state index in [-0.39, 0.29) is 25.3 Å². The minimum Gasteiger partial charge on any atom is -0.396 e. The first-order valence-corrected chi connectivity index (χ1v) is 12.9. The van der Waals surface area contributed by atoms with E-state index in [4.69, 9.17) is 17.4 Å². The first-order chi connectivity index (χ1) is 17.9. The van der Waals surface area contributed by atoms with Gasteiger partial charge in [-0.3, -0.25) is 4.57 Å². The molecule has 2 aromatic heterocycles. The first kappa shape index (κ1) is 25.1. The molecule has 2 aromatic carbocycles. The van der Waals surface area contributed by atoms with Crippen LogP contribution >= 0.6 is 22.9 Å². The van der Waals surface area contributed by atoms with Gasteiger partial charge in [0, 0.05) is 30.0 Å². The van der Waals surface area contributed by atoms with Gasteiger partial charge in [0.05, 0.1) is 34.0 Å². The fraction of sp³-hybridized carbons (Fsp3) is 0.333. The van der Waals surface area contributed by atoms with Crippen molar-refractivity contribution in [3.63, 3.8) is 0 Å². The molecule has 1 saturated carbocycles. The van der Waals surface area contributed by atoms with Crippen molar-refractivity contribution in [3.8, 4) is 0 Å². The van der Waals surface area contributed by atoms with Crippen LogP contribution in [0, 0.1) is 10.8 Å². The van der Waals surface area contributed by atoms with E-state index in [1.54, 1.807) is 41.7 Å². The standard InChI is InChI=1S/C24H24ClN7O4S/c25-17-5-1-14(2-6-17)11-30-22(32(26)24(35)31(23(30)34)12-15(13-33)10-27-36)28-18-7-8-19-20(9-18)37-21(29-19)16-3-4-16/h1-2,5-9,15-16,33H,3-4,10-13,26H2. The molecule has 11 nitrogen and oxygen atoms in total. The van der Waals surface area contributed by atoms with Crippen LogP contribution in [0.5, 0.6) is 0 Å². The highest BCUT2D eigenvalue weighted by Crippen LogP contribution is 2.43. The topological polar surface area (TPSA) is 150 Å². The number of benzene rings is 2. The average molecular weight is 542 g/mol. The molecule has 1 fully saturated rings. The van der Waals surface area contributed by atoms with E-state index in [1.807, 2.05) is 12.1 Å². The zero-order valence-electron chi connectivity index (χ0n) is 19.7. The van der Waals surface area contributed by atoms with Crippen molar-refractivity contribution in [1.82, 2.24) is 18.8 Å². The molecule has 2 heterocycles. The van der Waals surface area contributed by atoms with Crippen molar-refractivity contribution in [2.45, 2.75) is 31.8 Å². The molecule has 0 spiro atoms. The zero-order chi connectivity index (χ0) is 26.1. The van der Waals surface area contributed by atoms with Gasteiger partial charge in [0.1, 0.15) is 0 Å². The summed E-state index contributed by atoms with van der Waals surface area (Å²) >= 11 is 7.63. The second-order valence-electron chi connectivity index (χ2n) is 9.01. The summed E-state index contributed by atoms with van der Waals surface area (Å²) in [6.07, 6.45) is 2.30. The quantitative estimate of drug-likeness (QED) is 0.245. The van der Waals surface area contributed by atoms with Crippen LogP contribution in [-0.4, -0.2) is 37.1 Å². The Hall–Kier alpha value is -3.61. The summed E-state index contributed by atoms with van der Waals surface area (Å²) in [5.74, 6) is 5.99. The molecule has 0 radical (unpaired) electrons. The van der Waals surface area contributed by atoms with Gasteiger partial charge < -0.3 is 10.9 Å². The van der Waals surface area contributed by atoms with Gasteiger partial charge in [-0.2, -0.15) is 9.58 Å². The van der Waals surface area contributed by atoms with Gasteiger partial charge in [-0.25, -0.2) is 24.1 Å². The first-order valence-electron chi connectivity index (χ1n) is 11.7. The van der Waals surface area contributed by atoms with E-state index in [0.717, 1.165) is 42.9 Å². The molecule has 0 saturated heterocycles. The van der Waals surface area contributed by atoms with Crippen molar-refractivity contribution in [1.29, 1.82) is 0 Å². The van der Waals surface area contributed by atoms with Gasteiger partial charge in [0.25, 0.3) is 0 Å². The smallest absolute Gasteiger partial charge is 0.353 e. The van der Waals surface area contributed by atoms with Crippen LogP contribution in [0.1, 0.15) is 29.3 Å². The number of aliphatic hydroxyl groups excluding tert-OH is 1. The summed E-state index contributed by atoms with van der Waals surface area (Å²) in [5, 5.41) is 14.0. The van der Waals surface area contributed by atoms with Crippen molar-refractivity contribution < 1.29 is 5.11 Å². The number of hydrogen-bond donors (Lipinski definition) is 2. The monoisotopic (exact) mass is 541 g/mol. The molecule has 0 amide bonds. The van der Waals surface area contributed by atoms with Crippen LogP contribution in [0.25, 0.3) is 10.2 Å². The number of nitrogen functional groups attached to an aromatic ring is 1. The van der Waals surface area contributed by atoms with Crippen LogP contribution in [0.4, 0.5) is 5.69 Å². The lowest BCUT2D eigenvalue weighted by Crippen LogP contribution is -2.58. The van der Waals surface area contributed by atoms with Crippen LogP contribution in [0.2, 0.25) is 5.02 Å². The summed E-state index contributed by atoms with van der Waals surface area (Å²) < 4.78 is 3.92. The molecule has 1 atom stereocenters. The van der Waals surface area contributed by atoms with Crippen molar-refractivity contribution >= 4 is 38.8 Å². The minimum atomic E-state index is -0.824. The third-order valence-electron chi connectivity index (χ3n) is 6.19. The molecular weight excluding hydrogens is 518 g/mol. The Morgan fingerprint density at radius 2 is 1.89 bits per heavy atom. The number of aromatic nitrogens is 4. The Balaban J connectivity index is 1.66. The van der Waals surface area contributed by atoms with Gasteiger partial charge in [0.15, 0.2) is 0 Å². The predicted octanol–water partition coefficient (Wildman–Crippen LogP) is 2.32. The van der Waals surface area contributed by atoms with E-state index in [2.05, 4.69) is 15.2 Å². The Morgan fingerprint density at radius 1 is 1.14 bits per heavy atom. The van der Waals surface area contributed by atoms with Crippen LogP contribution in [0.3, 0.4) is 0 Å². The largest absolute Gasteiger partial charge is 0.396 e. The number of halogens is 1. The second-order valence-corrected chi connectivity index (χ2v) is 10.5. The molecule has 3 N–H and O–H groups in total. The SMILES string of the molecule is Nn1c(=O)n(CC(CO)CN=O)c(=O)n(Cc2ccc(Cl)cc2)c1=Nc1ccc2nc(C3CC3)sc2c1. The lowest BCUT2D eigenvalue weighted by molar-refractivity contribution is 0.210. The Labute approximate surface area is 219 Å². The van der Waals surface area contributed by atoms with Crippen molar-refractivity contribution in [3.05, 3.63) is 89.6 Å². The third kappa shape index (κ3) is 5.26. The molecule has 0 bridgehead atoms. The molecule has 0 aliphatic heterocycles. The van der Waals surface area contributed by atoms with E-state index in [1.165, 1.54) is 4.57 Å². The zero-order valence-corrected chi connectivity index (χ0v) is 21.2. The van der Waals surface area contributed by atoms with E-state index < -0.39 is 23.9 Å². The Kier molecular flexibility index (Phi) is 7.04.